The molecule has 7 nitrogen and oxygen atoms in total. The molecular weight excluding hydrogens is 660 g/mol. The molecule has 0 spiro atoms. The van der Waals surface area contributed by atoms with Gasteiger partial charge in [0.1, 0.15) is 13.2 Å². The molecule has 0 aliphatic carbocycles. The molecule has 3 aromatic carbocycles. The third-order valence-corrected chi connectivity index (χ3v) is 7.21. The maximum atomic E-state index is 12.9. The van der Waals surface area contributed by atoms with Crippen LogP contribution in [-0.2, 0) is 22.4 Å². The number of alkyl halides is 3. The molecule has 0 aromatic heterocycles. The molecule has 1 aliphatic rings. The van der Waals surface area contributed by atoms with Crippen LogP contribution in [0.15, 0.2) is 71.6 Å². The highest BCUT2D eigenvalue weighted by molar-refractivity contribution is 14.1. The highest BCUT2D eigenvalue weighted by atomic mass is 127. The van der Waals surface area contributed by atoms with E-state index in [2.05, 4.69) is 27.9 Å². The fourth-order valence-corrected chi connectivity index (χ4v) is 5.33. The zero-order valence-corrected chi connectivity index (χ0v) is 23.9. The van der Waals surface area contributed by atoms with Gasteiger partial charge in [-0.3, -0.25) is 19.3 Å². The first kappa shape index (κ1) is 29.5. The van der Waals surface area contributed by atoms with E-state index in [1.54, 1.807) is 12.1 Å². The van der Waals surface area contributed by atoms with E-state index in [4.69, 9.17) is 9.47 Å². The molecular formula is C28H22F3IN2O5S. The SMILES string of the molecule is CCOc1cc(/C=C2\SC(=O)N(CC(=O)Nc3cccc(C(F)(F)F)c3)C2=O)cc(I)c1OCc1ccccc1. The highest BCUT2D eigenvalue weighted by Gasteiger charge is 2.36. The largest absolute Gasteiger partial charge is 0.490 e. The summed E-state index contributed by atoms with van der Waals surface area (Å²) >= 11 is 2.76. The summed E-state index contributed by atoms with van der Waals surface area (Å²) in [5.41, 5.74) is 0.529. The Morgan fingerprint density at radius 2 is 1.80 bits per heavy atom. The summed E-state index contributed by atoms with van der Waals surface area (Å²) in [6.45, 7) is 1.89. The third-order valence-electron chi connectivity index (χ3n) is 5.50. The van der Waals surface area contributed by atoms with Gasteiger partial charge in [-0.2, -0.15) is 13.2 Å². The number of nitrogens with zero attached hydrogens (tertiary/aromatic N) is 1. The van der Waals surface area contributed by atoms with E-state index < -0.39 is 35.3 Å². The average Bonchev–Trinajstić information content (AvgIpc) is 3.16. The molecule has 0 radical (unpaired) electrons. The van der Waals surface area contributed by atoms with Gasteiger partial charge in [-0.25, -0.2) is 0 Å². The number of carbonyl (C=O) groups excluding carboxylic acids is 3. The smallest absolute Gasteiger partial charge is 0.416 e. The van der Waals surface area contributed by atoms with Crippen molar-refractivity contribution in [1.29, 1.82) is 0 Å². The summed E-state index contributed by atoms with van der Waals surface area (Å²) in [6.07, 6.45) is -3.06. The summed E-state index contributed by atoms with van der Waals surface area (Å²) in [5, 5.41) is 1.63. The van der Waals surface area contributed by atoms with Crippen molar-refractivity contribution in [3.8, 4) is 11.5 Å². The number of amides is 3. The molecule has 1 fully saturated rings. The molecule has 0 bridgehead atoms. The fraction of sp³-hybridized carbons (Fsp3) is 0.179. The lowest BCUT2D eigenvalue weighted by Crippen LogP contribution is -2.36. The van der Waals surface area contributed by atoms with Crippen LogP contribution in [0.2, 0.25) is 0 Å². The standard InChI is InChI=1S/C28H22F3IN2O5S/c1-2-38-22-12-18(11-21(32)25(22)39-16-17-7-4-3-5-8-17)13-23-26(36)34(27(37)40-23)15-24(35)33-20-10-6-9-19(14-20)28(29,30)31/h3-14H,2,15-16H2,1H3,(H,33,35)/b23-13-. The van der Waals surface area contributed by atoms with Gasteiger partial charge in [-0.1, -0.05) is 36.4 Å². The van der Waals surface area contributed by atoms with Gasteiger partial charge in [0.2, 0.25) is 5.91 Å². The number of anilines is 1. The van der Waals surface area contributed by atoms with Gasteiger partial charge >= 0.3 is 6.18 Å². The predicted molar refractivity (Wildman–Crippen MR) is 154 cm³/mol. The van der Waals surface area contributed by atoms with Gasteiger partial charge in [0.05, 0.1) is 20.6 Å². The molecule has 40 heavy (non-hydrogen) atoms. The lowest BCUT2D eigenvalue weighted by atomic mass is 10.1. The van der Waals surface area contributed by atoms with Crippen molar-refractivity contribution in [3.63, 3.8) is 0 Å². The third kappa shape index (κ3) is 7.36. The van der Waals surface area contributed by atoms with Gasteiger partial charge in [0.15, 0.2) is 11.5 Å². The quantitative estimate of drug-likeness (QED) is 0.194. The Bertz CT molecular complexity index is 1460. The van der Waals surface area contributed by atoms with Crippen LogP contribution in [0.4, 0.5) is 23.7 Å². The molecule has 0 atom stereocenters. The molecule has 12 heteroatoms. The molecule has 1 saturated heterocycles. The first-order valence-corrected chi connectivity index (χ1v) is 13.8. The van der Waals surface area contributed by atoms with Gasteiger partial charge in [-0.05, 0) is 88.8 Å². The Hall–Kier alpha value is -3.52. The van der Waals surface area contributed by atoms with Crippen LogP contribution in [0.3, 0.4) is 0 Å². The Morgan fingerprint density at radius 3 is 2.50 bits per heavy atom. The van der Waals surface area contributed by atoms with E-state index in [-0.39, 0.29) is 10.6 Å². The minimum absolute atomic E-state index is 0.0908. The number of carbonyl (C=O) groups is 3. The Morgan fingerprint density at radius 1 is 1.05 bits per heavy atom. The highest BCUT2D eigenvalue weighted by Crippen LogP contribution is 2.38. The number of benzene rings is 3. The molecule has 1 aliphatic heterocycles. The van der Waals surface area contributed by atoms with Crippen molar-refractivity contribution in [3.05, 3.63) is 91.9 Å². The molecule has 0 unspecified atom stereocenters. The second-order valence-electron chi connectivity index (χ2n) is 8.43. The van der Waals surface area contributed by atoms with Crippen LogP contribution in [0.5, 0.6) is 11.5 Å². The van der Waals surface area contributed by atoms with Crippen molar-refractivity contribution in [1.82, 2.24) is 4.90 Å². The van der Waals surface area contributed by atoms with Gasteiger partial charge in [-0.15, -0.1) is 0 Å². The van der Waals surface area contributed by atoms with E-state index in [9.17, 15) is 27.6 Å². The number of thioether (sulfide) groups is 1. The van der Waals surface area contributed by atoms with Crippen molar-refractivity contribution < 1.29 is 37.0 Å². The van der Waals surface area contributed by atoms with Crippen LogP contribution >= 0.6 is 34.4 Å². The molecule has 4 rings (SSSR count). The summed E-state index contributed by atoms with van der Waals surface area (Å²) in [6, 6.07) is 17.2. The zero-order valence-electron chi connectivity index (χ0n) is 21.0. The van der Waals surface area contributed by atoms with Crippen LogP contribution in [0.1, 0.15) is 23.6 Å². The number of hydrogen-bond acceptors (Lipinski definition) is 6. The zero-order chi connectivity index (χ0) is 28.9. The summed E-state index contributed by atoms with van der Waals surface area (Å²) < 4.78 is 51.3. The fourth-order valence-electron chi connectivity index (χ4n) is 3.71. The monoisotopic (exact) mass is 682 g/mol. The average molecular weight is 682 g/mol. The lowest BCUT2D eigenvalue weighted by molar-refractivity contribution is -0.137. The summed E-state index contributed by atoms with van der Waals surface area (Å²) in [4.78, 5) is 38.7. The Labute approximate surface area is 245 Å². The normalized spacial score (nSPS) is 14.5. The van der Waals surface area contributed by atoms with E-state index in [1.165, 1.54) is 12.1 Å². The second-order valence-corrected chi connectivity index (χ2v) is 10.6. The van der Waals surface area contributed by atoms with Crippen molar-refractivity contribution in [2.75, 3.05) is 18.5 Å². The molecule has 208 valence electrons. The topological polar surface area (TPSA) is 84.9 Å². The van der Waals surface area contributed by atoms with E-state index in [0.29, 0.717) is 42.0 Å². The number of halogens is 4. The Kier molecular flexibility index (Phi) is 9.40. The van der Waals surface area contributed by atoms with Gasteiger partial charge in [0.25, 0.3) is 11.1 Å². The second kappa shape index (κ2) is 12.8. The van der Waals surface area contributed by atoms with E-state index >= 15 is 0 Å². The van der Waals surface area contributed by atoms with Crippen LogP contribution in [0, 0.1) is 3.57 Å². The van der Waals surface area contributed by atoms with E-state index in [1.807, 2.05) is 37.3 Å². The van der Waals surface area contributed by atoms with Crippen LogP contribution < -0.4 is 14.8 Å². The first-order chi connectivity index (χ1) is 19.0. The molecule has 3 amide bonds. The first-order valence-electron chi connectivity index (χ1n) is 11.9. The predicted octanol–water partition coefficient (Wildman–Crippen LogP) is 6.96. The number of hydrogen-bond donors (Lipinski definition) is 1. The van der Waals surface area contributed by atoms with Gasteiger partial charge < -0.3 is 14.8 Å². The molecule has 3 aromatic rings. The summed E-state index contributed by atoms with van der Waals surface area (Å²) in [7, 11) is 0. The molecule has 0 saturated carbocycles. The van der Waals surface area contributed by atoms with Crippen molar-refractivity contribution >= 4 is 63.2 Å². The summed E-state index contributed by atoms with van der Waals surface area (Å²) in [5.74, 6) is -0.485. The number of rotatable bonds is 9. The number of imide groups is 1. The maximum Gasteiger partial charge on any atom is 0.416 e. The minimum atomic E-state index is -4.58. The molecule has 1 heterocycles. The lowest BCUT2D eigenvalue weighted by Gasteiger charge is -2.15. The maximum absolute atomic E-state index is 12.9. The van der Waals surface area contributed by atoms with E-state index in [0.717, 1.165) is 32.2 Å². The minimum Gasteiger partial charge on any atom is -0.490 e. The molecule has 1 N–H and O–H groups in total. The van der Waals surface area contributed by atoms with Gasteiger partial charge in [0, 0.05) is 5.69 Å². The van der Waals surface area contributed by atoms with Crippen LogP contribution in [0.25, 0.3) is 6.08 Å². The number of ether oxygens (including phenoxy) is 2. The number of nitrogens with one attached hydrogen (secondary N) is 1. The van der Waals surface area contributed by atoms with Crippen molar-refractivity contribution in [2.45, 2.75) is 19.7 Å². The Balaban J connectivity index is 1.47. The van der Waals surface area contributed by atoms with Crippen LogP contribution in [-0.4, -0.2) is 35.1 Å². The van der Waals surface area contributed by atoms with Crippen molar-refractivity contribution in [2.24, 2.45) is 0 Å².